The summed E-state index contributed by atoms with van der Waals surface area (Å²) < 4.78 is 90.0. The Morgan fingerprint density at radius 3 is 2.47 bits per heavy atom. The molecule has 7 nitrogen and oxygen atoms in total. The summed E-state index contributed by atoms with van der Waals surface area (Å²) in [5.41, 5.74) is -0.885. The van der Waals surface area contributed by atoms with Gasteiger partial charge in [0.15, 0.2) is 15.0 Å². The average Bonchev–Trinajstić information content (AvgIpc) is 3.33. The number of rotatable bonds is 6. The van der Waals surface area contributed by atoms with Crippen LogP contribution >= 0.6 is 22.9 Å². The first-order valence-electron chi connectivity index (χ1n) is 11.1. The SMILES string of the molecule is O=S(=O)(Cc1ccc(F)c(-c2nc(N3CCOCC3)sc2-c2ccnc(Cl)n2)c1F)c1cc(F)ccc1F. The van der Waals surface area contributed by atoms with Crippen LogP contribution in [0, 0.1) is 23.3 Å². The molecule has 0 bridgehead atoms. The molecule has 14 heteroatoms. The summed E-state index contributed by atoms with van der Waals surface area (Å²) >= 11 is 7.08. The van der Waals surface area contributed by atoms with Gasteiger partial charge in [-0.1, -0.05) is 17.4 Å². The van der Waals surface area contributed by atoms with Gasteiger partial charge >= 0.3 is 0 Å². The van der Waals surface area contributed by atoms with Crippen molar-refractivity contribution in [3.8, 4) is 21.8 Å². The van der Waals surface area contributed by atoms with Crippen LogP contribution < -0.4 is 4.90 Å². The number of ether oxygens (including phenoxy) is 1. The predicted octanol–water partition coefficient (Wildman–Crippen LogP) is 5.29. The number of nitrogens with zero attached hydrogens (tertiary/aromatic N) is 4. The topological polar surface area (TPSA) is 85.3 Å². The van der Waals surface area contributed by atoms with Crippen molar-refractivity contribution in [2.75, 3.05) is 31.2 Å². The van der Waals surface area contributed by atoms with E-state index < -0.39 is 54.9 Å². The highest BCUT2D eigenvalue weighted by atomic mass is 35.5. The van der Waals surface area contributed by atoms with Gasteiger partial charge in [0.1, 0.15) is 28.2 Å². The van der Waals surface area contributed by atoms with Crippen LogP contribution in [0.2, 0.25) is 5.28 Å². The standard InChI is InChI=1S/C24H17ClF4N4O3S2/c25-23-30-6-5-17(31-23)22-21(32-24(37-22)33-7-9-36-10-8-33)19-16(28)3-1-13(20(19)29)12-38(34,35)18-11-14(26)2-4-15(18)27/h1-6,11H,7-10,12H2. The lowest BCUT2D eigenvalue weighted by molar-refractivity contribution is 0.122. The highest BCUT2D eigenvalue weighted by Crippen LogP contribution is 2.42. The first-order valence-corrected chi connectivity index (χ1v) is 14.0. The Hall–Kier alpha value is -3.13. The third kappa shape index (κ3) is 5.23. The van der Waals surface area contributed by atoms with Crippen molar-refractivity contribution >= 4 is 37.9 Å². The van der Waals surface area contributed by atoms with Gasteiger partial charge in [0, 0.05) is 24.8 Å². The third-order valence-corrected chi connectivity index (χ3v) is 8.73. The second-order valence-corrected chi connectivity index (χ2v) is 11.5. The van der Waals surface area contributed by atoms with Gasteiger partial charge in [0.25, 0.3) is 0 Å². The van der Waals surface area contributed by atoms with E-state index in [2.05, 4.69) is 15.0 Å². The second kappa shape index (κ2) is 10.6. The fourth-order valence-electron chi connectivity index (χ4n) is 3.93. The molecule has 198 valence electrons. The number of aromatic nitrogens is 3. The zero-order chi connectivity index (χ0) is 27.0. The van der Waals surface area contributed by atoms with Gasteiger partial charge in [-0.25, -0.2) is 40.9 Å². The molecular formula is C24H17ClF4N4O3S2. The molecule has 4 aromatic rings. The largest absolute Gasteiger partial charge is 0.378 e. The number of sulfone groups is 1. The summed E-state index contributed by atoms with van der Waals surface area (Å²) in [6, 6.07) is 5.29. The summed E-state index contributed by atoms with van der Waals surface area (Å²) in [7, 11) is -4.54. The Bertz CT molecular complexity index is 1630. The van der Waals surface area contributed by atoms with Gasteiger partial charge in [-0.3, -0.25) is 0 Å². The maximum Gasteiger partial charge on any atom is 0.222 e. The van der Waals surface area contributed by atoms with Crippen LogP contribution in [-0.2, 0) is 20.3 Å². The number of anilines is 1. The molecule has 0 spiro atoms. The van der Waals surface area contributed by atoms with E-state index in [1.807, 2.05) is 4.90 Å². The zero-order valence-corrected chi connectivity index (χ0v) is 21.7. The van der Waals surface area contributed by atoms with Crippen LogP contribution in [0.1, 0.15) is 5.56 Å². The summed E-state index contributed by atoms with van der Waals surface area (Å²) in [6.45, 7) is 1.88. The van der Waals surface area contributed by atoms with Gasteiger partial charge in [0.2, 0.25) is 5.28 Å². The lowest BCUT2D eigenvalue weighted by Gasteiger charge is -2.26. The average molecular weight is 585 g/mol. The van der Waals surface area contributed by atoms with E-state index in [1.54, 1.807) is 0 Å². The zero-order valence-electron chi connectivity index (χ0n) is 19.3. The number of benzene rings is 2. The number of morpholine rings is 1. The van der Waals surface area contributed by atoms with Gasteiger partial charge in [-0.2, -0.15) is 0 Å². The van der Waals surface area contributed by atoms with Gasteiger partial charge < -0.3 is 9.64 Å². The number of halogens is 5. The molecule has 0 aliphatic carbocycles. The number of thiazole rings is 1. The molecule has 38 heavy (non-hydrogen) atoms. The minimum absolute atomic E-state index is 0.0901. The van der Waals surface area contributed by atoms with Crippen LogP contribution in [0.3, 0.4) is 0 Å². The van der Waals surface area contributed by atoms with Crippen molar-refractivity contribution in [1.82, 2.24) is 15.0 Å². The molecule has 0 radical (unpaired) electrons. The summed E-state index contributed by atoms with van der Waals surface area (Å²) in [4.78, 5) is 13.7. The molecule has 1 fully saturated rings. The Kier molecular flexibility index (Phi) is 7.36. The highest BCUT2D eigenvalue weighted by molar-refractivity contribution is 7.90. The van der Waals surface area contributed by atoms with Gasteiger partial charge in [-0.05, 0) is 41.9 Å². The smallest absolute Gasteiger partial charge is 0.222 e. The molecular weight excluding hydrogens is 568 g/mol. The Morgan fingerprint density at radius 2 is 1.74 bits per heavy atom. The molecule has 0 saturated carbocycles. The molecule has 0 amide bonds. The van der Waals surface area contributed by atoms with E-state index in [0.29, 0.717) is 43.6 Å². The number of hydrogen-bond donors (Lipinski definition) is 0. The fourth-order valence-corrected chi connectivity index (χ4v) is 6.61. The molecule has 1 saturated heterocycles. The minimum atomic E-state index is -4.54. The normalized spacial score (nSPS) is 14.2. The van der Waals surface area contributed by atoms with Crippen molar-refractivity contribution in [3.63, 3.8) is 0 Å². The van der Waals surface area contributed by atoms with Crippen molar-refractivity contribution in [3.05, 3.63) is 76.7 Å². The van der Waals surface area contributed by atoms with Crippen LogP contribution in [0.15, 0.2) is 47.5 Å². The Labute approximate surface area is 223 Å². The summed E-state index contributed by atoms with van der Waals surface area (Å²) in [6.07, 6.45) is 1.38. The molecule has 2 aromatic heterocycles. The molecule has 2 aromatic carbocycles. The quantitative estimate of drug-likeness (QED) is 0.225. The third-order valence-electron chi connectivity index (χ3n) is 5.74. The fraction of sp³-hybridized carbons (Fsp3) is 0.208. The van der Waals surface area contributed by atoms with Crippen LogP contribution in [0.5, 0.6) is 0 Å². The molecule has 1 aliphatic rings. The van der Waals surface area contributed by atoms with E-state index in [0.717, 1.165) is 29.5 Å². The van der Waals surface area contributed by atoms with E-state index in [1.165, 1.54) is 12.3 Å². The van der Waals surface area contributed by atoms with Crippen molar-refractivity contribution in [2.45, 2.75) is 10.6 Å². The predicted molar refractivity (Wildman–Crippen MR) is 134 cm³/mol. The lowest BCUT2D eigenvalue weighted by Crippen LogP contribution is -2.36. The molecule has 0 atom stereocenters. The summed E-state index contributed by atoms with van der Waals surface area (Å²) in [5, 5.41) is 0.361. The van der Waals surface area contributed by atoms with Crippen LogP contribution in [0.4, 0.5) is 22.7 Å². The first kappa shape index (κ1) is 26.5. The van der Waals surface area contributed by atoms with E-state index in [9.17, 15) is 17.2 Å². The van der Waals surface area contributed by atoms with Crippen LogP contribution in [-0.4, -0.2) is 49.7 Å². The van der Waals surface area contributed by atoms with Crippen molar-refractivity contribution < 1.29 is 30.7 Å². The van der Waals surface area contributed by atoms with Crippen molar-refractivity contribution in [2.24, 2.45) is 0 Å². The maximum absolute atomic E-state index is 15.9. The Morgan fingerprint density at radius 1 is 1.00 bits per heavy atom. The molecule has 0 unspecified atom stereocenters. The minimum Gasteiger partial charge on any atom is -0.378 e. The molecule has 1 aliphatic heterocycles. The summed E-state index contributed by atoms with van der Waals surface area (Å²) in [5.74, 6) is -5.41. The highest BCUT2D eigenvalue weighted by Gasteiger charge is 2.29. The molecule has 5 rings (SSSR count). The van der Waals surface area contributed by atoms with Crippen LogP contribution in [0.25, 0.3) is 21.8 Å². The Balaban J connectivity index is 1.63. The number of hydrogen-bond acceptors (Lipinski definition) is 8. The first-order chi connectivity index (χ1) is 18.1. The van der Waals surface area contributed by atoms with Crippen molar-refractivity contribution in [1.29, 1.82) is 0 Å². The lowest BCUT2D eigenvalue weighted by atomic mass is 10.0. The maximum atomic E-state index is 15.9. The van der Waals surface area contributed by atoms with E-state index in [-0.39, 0.29) is 21.5 Å². The van der Waals surface area contributed by atoms with E-state index >= 15 is 8.78 Å². The molecule has 0 N–H and O–H groups in total. The van der Waals surface area contributed by atoms with Gasteiger partial charge in [-0.15, -0.1) is 0 Å². The molecule has 3 heterocycles. The second-order valence-electron chi connectivity index (χ2n) is 8.21. The van der Waals surface area contributed by atoms with E-state index in [4.69, 9.17) is 16.3 Å². The van der Waals surface area contributed by atoms with Gasteiger partial charge in [0.05, 0.1) is 40.8 Å². The monoisotopic (exact) mass is 584 g/mol.